The number of aromatic hydroxyl groups is 1. The van der Waals surface area contributed by atoms with E-state index in [2.05, 4.69) is 0 Å². The molecule has 92 valence electrons. The lowest BCUT2D eigenvalue weighted by Crippen LogP contribution is -2.02. The van der Waals surface area contributed by atoms with Crippen molar-refractivity contribution in [1.29, 1.82) is 0 Å². The van der Waals surface area contributed by atoms with E-state index in [-0.39, 0.29) is 46.4 Å². The van der Waals surface area contributed by atoms with Gasteiger partial charge in [0.2, 0.25) is 0 Å². The monoisotopic (exact) mass is 276 g/mol. The van der Waals surface area contributed by atoms with Crippen molar-refractivity contribution < 1.29 is 19.8 Å². The molecule has 0 atom stereocenters. The molecule has 0 fully saturated rings. The lowest BCUT2D eigenvalue weighted by atomic mass is 10.1. The van der Waals surface area contributed by atoms with Gasteiger partial charge in [-0.15, -0.1) is 0 Å². The Labute approximate surface area is 108 Å². The van der Waals surface area contributed by atoms with Crippen molar-refractivity contribution in [3.8, 4) is 5.75 Å². The Morgan fingerprint density at radius 1 is 1.12 bits per heavy atom. The Morgan fingerprint density at radius 3 is 2.12 bits per heavy atom. The predicted molar refractivity (Wildman–Crippen MR) is 63.9 cm³/mol. The summed E-state index contributed by atoms with van der Waals surface area (Å²) >= 11 is 11.3. The number of carbonyl (C=O) groups excluding carboxylic acids is 1. The largest absolute Gasteiger partial charge is 0.505 e. The smallest absolute Gasteiger partial charge is 0.303 e. The van der Waals surface area contributed by atoms with E-state index < -0.39 is 5.97 Å². The number of benzene rings is 1. The molecule has 4 nitrogen and oxygen atoms in total. The highest BCUT2D eigenvalue weighted by atomic mass is 35.5. The fourth-order valence-corrected chi connectivity index (χ4v) is 1.76. The van der Waals surface area contributed by atoms with Gasteiger partial charge < -0.3 is 10.2 Å². The van der Waals surface area contributed by atoms with E-state index in [0.717, 1.165) is 0 Å². The summed E-state index contributed by atoms with van der Waals surface area (Å²) in [4.78, 5) is 21.9. The number of halogens is 2. The molecule has 0 amide bonds. The topological polar surface area (TPSA) is 74.6 Å². The van der Waals surface area contributed by atoms with Crippen LogP contribution < -0.4 is 0 Å². The predicted octanol–water partition coefficient (Wildman–Crippen LogP) is 3.14. The molecule has 0 aliphatic carbocycles. The van der Waals surface area contributed by atoms with Crippen molar-refractivity contribution in [2.75, 3.05) is 0 Å². The number of hydrogen-bond donors (Lipinski definition) is 2. The Bertz CT molecular complexity index is 434. The summed E-state index contributed by atoms with van der Waals surface area (Å²) < 4.78 is 0. The normalized spacial score (nSPS) is 10.2. The van der Waals surface area contributed by atoms with Crippen molar-refractivity contribution >= 4 is 35.0 Å². The van der Waals surface area contributed by atoms with E-state index in [1.54, 1.807) is 0 Å². The minimum atomic E-state index is -0.945. The summed E-state index contributed by atoms with van der Waals surface area (Å²) in [5.41, 5.74) is 0.267. The Kier molecular flexibility index (Phi) is 4.78. The van der Waals surface area contributed by atoms with Crippen LogP contribution in [-0.4, -0.2) is 22.0 Å². The summed E-state index contributed by atoms with van der Waals surface area (Å²) in [6, 6.07) is 2.62. The highest BCUT2D eigenvalue weighted by Crippen LogP contribution is 2.33. The molecule has 0 saturated heterocycles. The number of phenols is 1. The molecular weight excluding hydrogens is 267 g/mol. The van der Waals surface area contributed by atoms with Gasteiger partial charge in [-0.1, -0.05) is 23.2 Å². The highest BCUT2D eigenvalue weighted by Gasteiger charge is 2.12. The van der Waals surface area contributed by atoms with Gasteiger partial charge in [-0.25, -0.2) is 0 Å². The minimum absolute atomic E-state index is 0.000848. The van der Waals surface area contributed by atoms with Crippen molar-refractivity contribution in [2.24, 2.45) is 0 Å². The van der Waals surface area contributed by atoms with Crippen LogP contribution in [0.1, 0.15) is 29.6 Å². The number of carboxylic acid groups (broad SMARTS) is 1. The van der Waals surface area contributed by atoms with Crippen LogP contribution in [0.3, 0.4) is 0 Å². The molecule has 6 heteroatoms. The van der Waals surface area contributed by atoms with Gasteiger partial charge in [-0.05, 0) is 18.6 Å². The number of hydrogen-bond acceptors (Lipinski definition) is 3. The number of carboxylic acids is 1. The fourth-order valence-electron chi connectivity index (χ4n) is 1.27. The third kappa shape index (κ3) is 3.91. The zero-order chi connectivity index (χ0) is 13.0. The van der Waals surface area contributed by atoms with Crippen LogP contribution in [0.15, 0.2) is 12.1 Å². The van der Waals surface area contributed by atoms with Crippen LogP contribution in [0.5, 0.6) is 5.75 Å². The Hall–Kier alpha value is -1.26. The molecule has 0 aliphatic heterocycles. The molecule has 0 aromatic heterocycles. The van der Waals surface area contributed by atoms with Crippen LogP contribution in [0.2, 0.25) is 10.0 Å². The van der Waals surface area contributed by atoms with Gasteiger partial charge in [0.15, 0.2) is 11.5 Å². The van der Waals surface area contributed by atoms with Gasteiger partial charge in [0, 0.05) is 18.4 Å². The van der Waals surface area contributed by atoms with Crippen LogP contribution in [0, 0.1) is 0 Å². The summed E-state index contributed by atoms with van der Waals surface area (Å²) in [5.74, 6) is -1.47. The summed E-state index contributed by atoms with van der Waals surface area (Å²) in [6.07, 6.45) is 0.291. The average Bonchev–Trinajstić information content (AvgIpc) is 2.24. The molecule has 1 rings (SSSR count). The maximum absolute atomic E-state index is 11.7. The molecular formula is C11H10Cl2O4. The molecule has 0 radical (unpaired) electrons. The van der Waals surface area contributed by atoms with E-state index in [1.165, 1.54) is 12.1 Å². The summed E-state index contributed by atoms with van der Waals surface area (Å²) in [6.45, 7) is 0. The van der Waals surface area contributed by atoms with Gasteiger partial charge in [0.25, 0.3) is 0 Å². The zero-order valence-corrected chi connectivity index (χ0v) is 10.3. The van der Waals surface area contributed by atoms with E-state index in [1.807, 2.05) is 0 Å². The van der Waals surface area contributed by atoms with Crippen molar-refractivity contribution in [3.05, 3.63) is 27.7 Å². The zero-order valence-electron chi connectivity index (χ0n) is 8.74. The SMILES string of the molecule is O=C(O)CCCC(=O)c1cc(Cl)c(O)c(Cl)c1. The average molecular weight is 277 g/mol. The van der Waals surface area contributed by atoms with Crippen LogP contribution in [-0.2, 0) is 4.79 Å². The maximum Gasteiger partial charge on any atom is 0.303 e. The first-order valence-electron chi connectivity index (χ1n) is 4.85. The molecule has 0 saturated carbocycles. The quantitative estimate of drug-likeness (QED) is 0.811. The first-order chi connectivity index (χ1) is 7.91. The minimum Gasteiger partial charge on any atom is -0.505 e. The first-order valence-corrected chi connectivity index (χ1v) is 5.60. The first kappa shape index (κ1) is 13.8. The van der Waals surface area contributed by atoms with Crippen molar-refractivity contribution in [1.82, 2.24) is 0 Å². The number of Topliss-reactive ketones (excluding diaryl/α,β-unsaturated/α-hetero) is 1. The third-order valence-corrected chi connectivity index (χ3v) is 2.71. The van der Waals surface area contributed by atoms with Crippen LogP contribution >= 0.6 is 23.2 Å². The summed E-state index contributed by atoms with van der Waals surface area (Å²) in [5, 5.41) is 17.7. The van der Waals surface area contributed by atoms with Gasteiger partial charge in [-0.3, -0.25) is 9.59 Å². The van der Waals surface area contributed by atoms with E-state index in [0.29, 0.717) is 0 Å². The second-order valence-electron chi connectivity index (χ2n) is 3.46. The number of aliphatic carboxylic acids is 1. The molecule has 0 heterocycles. The maximum atomic E-state index is 11.7. The van der Waals surface area contributed by atoms with Crippen molar-refractivity contribution in [2.45, 2.75) is 19.3 Å². The highest BCUT2D eigenvalue weighted by molar-refractivity contribution is 6.37. The van der Waals surface area contributed by atoms with Crippen LogP contribution in [0.25, 0.3) is 0 Å². The number of rotatable bonds is 5. The van der Waals surface area contributed by atoms with Gasteiger partial charge in [0.05, 0.1) is 10.0 Å². The molecule has 1 aromatic carbocycles. The molecule has 0 aliphatic rings. The van der Waals surface area contributed by atoms with E-state index in [9.17, 15) is 14.7 Å². The number of ketones is 1. The van der Waals surface area contributed by atoms with Gasteiger partial charge in [0.1, 0.15) is 0 Å². The summed E-state index contributed by atoms with van der Waals surface area (Å²) in [7, 11) is 0. The van der Waals surface area contributed by atoms with Crippen molar-refractivity contribution in [3.63, 3.8) is 0 Å². The van der Waals surface area contributed by atoms with Gasteiger partial charge in [-0.2, -0.15) is 0 Å². The lowest BCUT2D eigenvalue weighted by molar-refractivity contribution is -0.137. The lowest BCUT2D eigenvalue weighted by Gasteiger charge is -2.04. The number of phenolic OH excluding ortho intramolecular Hbond substituents is 1. The molecule has 0 unspecified atom stereocenters. The van der Waals surface area contributed by atoms with Crippen LogP contribution in [0.4, 0.5) is 0 Å². The molecule has 0 spiro atoms. The third-order valence-electron chi connectivity index (χ3n) is 2.13. The molecule has 2 N–H and O–H groups in total. The van der Waals surface area contributed by atoms with Gasteiger partial charge >= 0.3 is 5.97 Å². The molecule has 1 aromatic rings. The molecule has 0 bridgehead atoms. The molecule has 17 heavy (non-hydrogen) atoms. The standard InChI is InChI=1S/C11H10Cl2O4/c12-7-4-6(5-8(13)11(7)17)9(14)2-1-3-10(15)16/h4-5,17H,1-3H2,(H,15,16). The number of carbonyl (C=O) groups is 2. The van der Waals surface area contributed by atoms with E-state index >= 15 is 0 Å². The fraction of sp³-hybridized carbons (Fsp3) is 0.273. The van der Waals surface area contributed by atoms with E-state index in [4.69, 9.17) is 28.3 Å². The second-order valence-corrected chi connectivity index (χ2v) is 4.27. The second kappa shape index (κ2) is 5.89. The Balaban J connectivity index is 2.73. The Morgan fingerprint density at radius 2 is 1.65 bits per heavy atom.